The van der Waals surface area contributed by atoms with Crippen molar-refractivity contribution in [1.82, 2.24) is 5.32 Å². The third-order valence-corrected chi connectivity index (χ3v) is 3.28. The van der Waals surface area contributed by atoms with E-state index in [1.54, 1.807) is 0 Å². The summed E-state index contributed by atoms with van der Waals surface area (Å²) in [6.45, 7) is -0.932. The van der Waals surface area contributed by atoms with Gasteiger partial charge in [0.05, 0.1) is 0 Å². The van der Waals surface area contributed by atoms with Crippen LogP contribution >= 0.6 is 27.5 Å². The van der Waals surface area contributed by atoms with E-state index in [9.17, 15) is 13.6 Å². The summed E-state index contributed by atoms with van der Waals surface area (Å²) in [6, 6.07) is 3.00. The topological polar surface area (TPSA) is 38.3 Å². The van der Waals surface area contributed by atoms with E-state index < -0.39 is 24.7 Å². The van der Waals surface area contributed by atoms with Crippen molar-refractivity contribution in [2.45, 2.75) is 12.0 Å². The lowest BCUT2D eigenvalue weighted by Gasteiger charge is -2.32. The van der Waals surface area contributed by atoms with Gasteiger partial charge in [-0.15, -0.1) is 0 Å². The summed E-state index contributed by atoms with van der Waals surface area (Å²) in [5.74, 6) is -3.16. The molecule has 0 aromatic heterocycles. The normalized spacial score (nSPS) is 22.8. The fourth-order valence-electron chi connectivity index (χ4n) is 1.55. The Hall–Kier alpha value is -0.880. The molecule has 1 aromatic rings. The summed E-state index contributed by atoms with van der Waals surface area (Å²) in [5.41, 5.74) is 0.260. The average molecular weight is 327 g/mol. The number of cyclic esters (lactones) is 1. The maximum Gasteiger partial charge on any atom is 0.408 e. The highest BCUT2D eigenvalue weighted by Crippen LogP contribution is 2.38. The summed E-state index contributed by atoms with van der Waals surface area (Å²) in [4.78, 5) is 11.0. The van der Waals surface area contributed by atoms with Crippen LogP contribution in [0.5, 0.6) is 0 Å². The summed E-state index contributed by atoms with van der Waals surface area (Å²) in [6.07, 6.45) is -0.859. The van der Waals surface area contributed by atoms with Gasteiger partial charge >= 0.3 is 12.0 Å². The average Bonchev–Trinajstić information content (AvgIpc) is 2.23. The lowest BCUT2D eigenvalue weighted by molar-refractivity contribution is -0.104. The van der Waals surface area contributed by atoms with Crippen LogP contribution in [0.2, 0.25) is 5.02 Å². The second kappa shape index (κ2) is 4.42. The molecular formula is C10H7BrClF2NO2. The summed E-state index contributed by atoms with van der Waals surface area (Å²) in [5, 5.41) is 2.52. The molecule has 7 heteroatoms. The number of ether oxygens (including phenoxy) is 1. The Morgan fingerprint density at radius 1 is 1.53 bits per heavy atom. The Labute approximate surface area is 109 Å². The van der Waals surface area contributed by atoms with Gasteiger partial charge in [-0.25, -0.2) is 13.6 Å². The zero-order valence-corrected chi connectivity index (χ0v) is 10.7. The fourth-order valence-corrected chi connectivity index (χ4v) is 2.46. The van der Waals surface area contributed by atoms with E-state index >= 15 is 0 Å². The highest BCUT2D eigenvalue weighted by Gasteiger charge is 2.47. The molecule has 1 atom stereocenters. The molecule has 3 nitrogen and oxygen atoms in total. The van der Waals surface area contributed by atoms with Gasteiger partial charge in [0.2, 0.25) is 0 Å². The lowest BCUT2D eigenvalue weighted by atomic mass is 10.0. The van der Waals surface area contributed by atoms with Crippen molar-refractivity contribution in [3.8, 4) is 0 Å². The predicted octanol–water partition coefficient (Wildman–Crippen LogP) is 3.52. The third kappa shape index (κ3) is 2.52. The van der Waals surface area contributed by atoms with E-state index in [4.69, 9.17) is 11.6 Å². The van der Waals surface area contributed by atoms with Crippen LogP contribution in [-0.2, 0) is 4.74 Å². The Balaban J connectivity index is 2.39. The molecule has 1 aliphatic rings. The monoisotopic (exact) mass is 325 g/mol. The maximum atomic E-state index is 13.6. The number of halogens is 4. The number of alkyl carbamates (subject to hydrolysis) is 1. The molecule has 0 spiro atoms. The molecule has 1 N–H and O–H groups in total. The Bertz CT molecular complexity index is 470. The van der Waals surface area contributed by atoms with Crippen LogP contribution in [0.15, 0.2) is 22.7 Å². The first-order valence-corrected chi connectivity index (χ1v) is 5.83. The van der Waals surface area contributed by atoms with Crippen LogP contribution in [-0.4, -0.2) is 18.6 Å². The van der Waals surface area contributed by atoms with E-state index in [-0.39, 0.29) is 5.56 Å². The number of carbonyl (C=O) groups is 1. The second-order valence-electron chi connectivity index (χ2n) is 3.58. The number of hydrogen-bond acceptors (Lipinski definition) is 2. The molecule has 1 aromatic carbocycles. The highest BCUT2D eigenvalue weighted by molar-refractivity contribution is 9.10. The number of amides is 1. The quantitative estimate of drug-likeness (QED) is 0.857. The number of rotatable bonds is 1. The first kappa shape index (κ1) is 12.6. The number of alkyl halides is 2. The van der Waals surface area contributed by atoms with Crippen LogP contribution in [0, 0.1) is 0 Å². The van der Waals surface area contributed by atoms with Crippen molar-refractivity contribution in [3.63, 3.8) is 0 Å². The predicted molar refractivity (Wildman–Crippen MR) is 61.3 cm³/mol. The van der Waals surface area contributed by atoms with E-state index in [0.29, 0.717) is 9.50 Å². The van der Waals surface area contributed by atoms with Crippen LogP contribution in [0.25, 0.3) is 0 Å². The van der Waals surface area contributed by atoms with Crippen LogP contribution < -0.4 is 5.32 Å². The lowest BCUT2D eigenvalue weighted by Crippen LogP contribution is -2.49. The molecule has 0 saturated carbocycles. The minimum absolute atomic E-state index is 0.260. The van der Waals surface area contributed by atoms with Crippen molar-refractivity contribution < 1.29 is 18.3 Å². The van der Waals surface area contributed by atoms with Gasteiger partial charge < -0.3 is 10.1 Å². The van der Waals surface area contributed by atoms with Crippen molar-refractivity contribution in [3.05, 3.63) is 33.3 Å². The van der Waals surface area contributed by atoms with E-state index in [2.05, 4.69) is 26.0 Å². The van der Waals surface area contributed by atoms with Crippen LogP contribution in [0.4, 0.5) is 13.6 Å². The molecule has 17 heavy (non-hydrogen) atoms. The third-order valence-electron chi connectivity index (χ3n) is 2.35. The number of carbonyl (C=O) groups excluding carboxylic acids is 1. The molecule has 0 bridgehead atoms. The van der Waals surface area contributed by atoms with Gasteiger partial charge in [-0.3, -0.25) is 0 Å². The molecule has 1 aliphatic heterocycles. The first-order chi connectivity index (χ1) is 7.90. The number of nitrogens with one attached hydrogen (secondary N) is 1. The molecule has 92 valence electrons. The standard InChI is InChI=1S/C10H7BrClF2NO2/c11-7-3-5(12)1-2-6(7)8-10(13,14)4-17-9(16)15-8/h1-3,8H,4H2,(H,15,16)/t8-/m1/s1. The highest BCUT2D eigenvalue weighted by atomic mass is 79.9. The molecule has 1 amide bonds. The van der Waals surface area contributed by atoms with Gasteiger partial charge in [0, 0.05) is 9.50 Å². The minimum Gasteiger partial charge on any atom is -0.443 e. The molecule has 0 radical (unpaired) electrons. The Kier molecular flexibility index (Phi) is 3.27. The van der Waals surface area contributed by atoms with Gasteiger partial charge in [-0.05, 0) is 17.7 Å². The summed E-state index contributed by atoms with van der Waals surface area (Å²) >= 11 is 8.87. The first-order valence-electron chi connectivity index (χ1n) is 4.66. The van der Waals surface area contributed by atoms with Crippen molar-refractivity contribution in [1.29, 1.82) is 0 Å². The van der Waals surface area contributed by atoms with Gasteiger partial charge in [-0.2, -0.15) is 0 Å². The molecule has 1 fully saturated rings. The summed E-state index contributed by atoms with van der Waals surface area (Å²) < 4.78 is 31.9. The van der Waals surface area contributed by atoms with Crippen molar-refractivity contribution in [2.75, 3.05) is 6.61 Å². The smallest absolute Gasteiger partial charge is 0.408 e. The SMILES string of the molecule is O=C1N[C@H](c2ccc(Cl)cc2Br)C(F)(F)CO1. The fraction of sp³-hybridized carbons (Fsp3) is 0.300. The molecule has 2 rings (SSSR count). The number of benzene rings is 1. The maximum absolute atomic E-state index is 13.6. The minimum atomic E-state index is -3.16. The van der Waals surface area contributed by atoms with E-state index in [1.807, 2.05) is 0 Å². The largest absolute Gasteiger partial charge is 0.443 e. The van der Waals surface area contributed by atoms with Gasteiger partial charge in [0.15, 0.2) is 6.61 Å². The van der Waals surface area contributed by atoms with Gasteiger partial charge in [-0.1, -0.05) is 33.6 Å². The van der Waals surface area contributed by atoms with Crippen LogP contribution in [0.1, 0.15) is 11.6 Å². The van der Waals surface area contributed by atoms with Crippen molar-refractivity contribution >= 4 is 33.6 Å². The number of hydrogen-bond donors (Lipinski definition) is 1. The van der Waals surface area contributed by atoms with Crippen molar-refractivity contribution in [2.24, 2.45) is 0 Å². The molecule has 0 aliphatic carbocycles. The van der Waals surface area contributed by atoms with E-state index in [0.717, 1.165) is 0 Å². The second-order valence-corrected chi connectivity index (χ2v) is 4.87. The molecule has 1 heterocycles. The van der Waals surface area contributed by atoms with Gasteiger partial charge in [0.25, 0.3) is 0 Å². The zero-order chi connectivity index (χ0) is 12.6. The molecular weight excluding hydrogens is 319 g/mol. The molecule has 0 unspecified atom stereocenters. The van der Waals surface area contributed by atoms with Crippen LogP contribution in [0.3, 0.4) is 0 Å². The molecule has 1 saturated heterocycles. The zero-order valence-electron chi connectivity index (χ0n) is 8.34. The van der Waals surface area contributed by atoms with E-state index in [1.165, 1.54) is 18.2 Å². The summed E-state index contributed by atoms with van der Waals surface area (Å²) in [7, 11) is 0. The Morgan fingerprint density at radius 3 is 2.88 bits per heavy atom. The van der Waals surface area contributed by atoms with Gasteiger partial charge in [0.1, 0.15) is 6.04 Å². The Morgan fingerprint density at radius 2 is 2.24 bits per heavy atom.